The minimum atomic E-state index is 0.402. The van der Waals surface area contributed by atoms with Crippen molar-refractivity contribution < 1.29 is 0 Å². The average Bonchev–Trinajstić information content (AvgIpc) is 1.81. The number of allylic oxidation sites excluding steroid dienone is 1. The maximum Gasteiger partial charge on any atom is 0.0300 e. The normalized spacial score (nSPS) is 22.6. The molecule has 0 N–H and O–H groups in total. The summed E-state index contributed by atoms with van der Waals surface area (Å²) >= 11 is 0. The summed E-state index contributed by atoms with van der Waals surface area (Å²) in [5, 5.41) is 0. The summed E-state index contributed by atoms with van der Waals surface area (Å²) < 4.78 is 0. The van der Waals surface area contributed by atoms with Crippen molar-refractivity contribution in [3.8, 4) is 0 Å². The third-order valence-corrected chi connectivity index (χ3v) is 2.69. The van der Waals surface area contributed by atoms with E-state index in [9.17, 15) is 0 Å². The second-order valence-electron chi connectivity index (χ2n) is 3.85. The molecule has 0 aromatic heterocycles. The van der Waals surface area contributed by atoms with Gasteiger partial charge in [-0.3, -0.25) is 4.99 Å². The molecule has 0 unspecified atom stereocenters. The number of rotatable bonds is 2. The van der Waals surface area contributed by atoms with Crippen LogP contribution >= 0.6 is 0 Å². The van der Waals surface area contributed by atoms with Crippen LogP contribution in [0, 0.1) is 5.41 Å². The van der Waals surface area contributed by atoms with Crippen LogP contribution in [0.2, 0.25) is 0 Å². The van der Waals surface area contributed by atoms with Gasteiger partial charge in [-0.2, -0.15) is 0 Å². The third kappa shape index (κ3) is 1.70. The molecular formula is C10H17N. The van der Waals surface area contributed by atoms with Crippen molar-refractivity contribution in [1.82, 2.24) is 0 Å². The number of hydrogen-bond acceptors (Lipinski definition) is 1. The van der Waals surface area contributed by atoms with Gasteiger partial charge in [-0.05, 0) is 26.7 Å². The van der Waals surface area contributed by atoms with E-state index in [1.807, 2.05) is 6.92 Å². The van der Waals surface area contributed by atoms with Crippen molar-refractivity contribution in [2.75, 3.05) is 0 Å². The van der Waals surface area contributed by atoms with Gasteiger partial charge in [0, 0.05) is 16.8 Å². The highest BCUT2D eigenvalue weighted by atomic mass is 14.8. The van der Waals surface area contributed by atoms with Gasteiger partial charge < -0.3 is 0 Å². The van der Waals surface area contributed by atoms with E-state index in [1.54, 1.807) is 0 Å². The molecule has 1 nitrogen and oxygen atoms in total. The van der Waals surface area contributed by atoms with Crippen molar-refractivity contribution in [3.63, 3.8) is 0 Å². The molecule has 0 aliphatic heterocycles. The molecule has 0 saturated heterocycles. The fourth-order valence-electron chi connectivity index (χ4n) is 1.49. The second kappa shape index (κ2) is 2.80. The second-order valence-corrected chi connectivity index (χ2v) is 3.85. The fraction of sp³-hybridized carbons (Fsp3) is 0.700. The Morgan fingerprint density at radius 2 is 1.91 bits per heavy atom. The molecule has 11 heavy (non-hydrogen) atoms. The van der Waals surface area contributed by atoms with E-state index in [0.29, 0.717) is 5.41 Å². The lowest BCUT2D eigenvalue weighted by molar-refractivity contribution is 0.261. The maximum atomic E-state index is 4.39. The van der Waals surface area contributed by atoms with Crippen LogP contribution in [-0.2, 0) is 0 Å². The number of nitrogens with zero attached hydrogens (tertiary/aromatic N) is 1. The van der Waals surface area contributed by atoms with E-state index < -0.39 is 0 Å². The Morgan fingerprint density at radius 3 is 2.18 bits per heavy atom. The summed E-state index contributed by atoms with van der Waals surface area (Å²) in [6.45, 7) is 10.1. The van der Waals surface area contributed by atoms with E-state index >= 15 is 0 Å². The molecule has 0 radical (unpaired) electrons. The summed E-state index contributed by atoms with van der Waals surface area (Å²) in [6, 6.07) is 0. The maximum absolute atomic E-state index is 4.39. The van der Waals surface area contributed by atoms with Crippen molar-refractivity contribution in [2.24, 2.45) is 10.4 Å². The summed E-state index contributed by atoms with van der Waals surface area (Å²) in [7, 11) is 0. The Labute approximate surface area is 69.2 Å². The zero-order valence-electron chi connectivity index (χ0n) is 7.78. The Balaban J connectivity index is 2.66. The SMILES string of the molecule is C=C(C)N=C(C)C1(C)CCC1. The molecule has 62 valence electrons. The average molecular weight is 151 g/mol. The molecule has 0 heterocycles. The molecule has 1 aliphatic carbocycles. The molecule has 0 amide bonds. The van der Waals surface area contributed by atoms with Gasteiger partial charge in [0.05, 0.1) is 0 Å². The lowest BCUT2D eigenvalue weighted by atomic mass is 9.67. The topological polar surface area (TPSA) is 12.4 Å². The van der Waals surface area contributed by atoms with Gasteiger partial charge in [-0.15, -0.1) is 0 Å². The van der Waals surface area contributed by atoms with Gasteiger partial charge in [-0.25, -0.2) is 0 Å². The van der Waals surface area contributed by atoms with Gasteiger partial charge in [0.1, 0.15) is 0 Å². The molecule has 0 aromatic rings. The van der Waals surface area contributed by atoms with E-state index in [2.05, 4.69) is 25.4 Å². The van der Waals surface area contributed by atoms with E-state index in [4.69, 9.17) is 0 Å². The molecule has 1 heteroatoms. The van der Waals surface area contributed by atoms with Gasteiger partial charge in [0.2, 0.25) is 0 Å². The first-order valence-electron chi connectivity index (χ1n) is 4.26. The lowest BCUT2D eigenvalue weighted by Gasteiger charge is -2.38. The number of aliphatic imine (C=N–C) groups is 1. The third-order valence-electron chi connectivity index (χ3n) is 2.69. The van der Waals surface area contributed by atoms with Crippen molar-refractivity contribution in [1.29, 1.82) is 0 Å². The van der Waals surface area contributed by atoms with Crippen LogP contribution in [0.1, 0.15) is 40.0 Å². The molecule has 1 rings (SSSR count). The predicted octanol–water partition coefficient (Wildman–Crippen LogP) is 3.17. The van der Waals surface area contributed by atoms with Crippen molar-refractivity contribution in [3.05, 3.63) is 12.3 Å². The minimum Gasteiger partial charge on any atom is -0.263 e. The Bertz CT molecular complexity index is 197. The van der Waals surface area contributed by atoms with Crippen LogP contribution in [0.4, 0.5) is 0 Å². The fourth-order valence-corrected chi connectivity index (χ4v) is 1.49. The standard InChI is InChI=1S/C10H17N/c1-8(2)11-9(3)10(4)6-5-7-10/h1,5-7H2,2-4H3. The van der Waals surface area contributed by atoms with Crippen molar-refractivity contribution >= 4 is 5.71 Å². The van der Waals surface area contributed by atoms with Crippen LogP contribution in [0.15, 0.2) is 17.3 Å². The summed E-state index contributed by atoms with van der Waals surface area (Å²) in [5.41, 5.74) is 2.59. The summed E-state index contributed by atoms with van der Waals surface area (Å²) in [4.78, 5) is 4.39. The minimum absolute atomic E-state index is 0.402. The Hall–Kier alpha value is -0.590. The van der Waals surface area contributed by atoms with Crippen LogP contribution in [0.25, 0.3) is 0 Å². The van der Waals surface area contributed by atoms with Gasteiger partial charge in [0.25, 0.3) is 0 Å². The van der Waals surface area contributed by atoms with Crippen LogP contribution in [-0.4, -0.2) is 5.71 Å². The molecule has 1 fully saturated rings. The Morgan fingerprint density at radius 1 is 1.36 bits per heavy atom. The Kier molecular flexibility index (Phi) is 2.17. The van der Waals surface area contributed by atoms with E-state index in [0.717, 1.165) is 5.70 Å². The highest BCUT2D eigenvalue weighted by Gasteiger charge is 2.34. The highest BCUT2D eigenvalue weighted by molar-refractivity contribution is 5.89. The van der Waals surface area contributed by atoms with E-state index in [1.165, 1.54) is 25.0 Å². The molecule has 0 spiro atoms. The zero-order valence-corrected chi connectivity index (χ0v) is 7.78. The molecule has 0 bridgehead atoms. The monoisotopic (exact) mass is 151 g/mol. The summed E-state index contributed by atoms with van der Waals surface area (Å²) in [6.07, 6.45) is 3.96. The smallest absolute Gasteiger partial charge is 0.0300 e. The molecular weight excluding hydrogens is 134 g/mol. The number of hydrogen-bond donors (Lipinski definition) is 0. The molecule has 1 saturated carbocycles. The summed E-state index contributed by atoms with van der Waals surface area (Å²) in [5.74, 6) is 0. The molecule has 1 aliphatic rings. The van der Waals surface area contributed by atoms with Crippen LogP contribution < -0.4 is 0 Å². The van der Waals surface area contributed by atoms with Gasteiger partial charge in [0.15, 0.2) is 0 Å². The highest BCUT2D eigenvalue weighted by Crippen LogP contribution is 2.41. The lowest BCUT2D eigenvalue weighted by Crippen LogP contribution is -2.33. The largest absolute Gasteiger partial charge is 0.263 e. The zero-order chi connectivity index (χ0) is 8.48. The quantitative estimate of drug-likeness (QED) is 0.537. The van der Waals surface area contributed by atoms with E-state index in [-0.39, 0.29) is 0 Å². The van der Waals surface area contributed by atoms with Crippen LogP contribution in [0.3, 0.4) is 0 Å². The molecule has 0 aromatic carbocycles. The first kappa shape index (κ1) is 8.51. The first-order chi connectivity index (χ1) is 5.04. The van der Waals surface area contributed by atoms with Gasteiger partial charge >= 0.3 is 0 Å². The first-order valence-corrected chi connectivity index (χ1v) is 4.26. The van der Waals surface area contributed by atoms with Crippen molar-refractivity contribution in [2.45, 2.75) is 40.0 Å². The molecule has 0 atom stereocenters. The van der Waals surface area contributed by atoms with Gasteiger partial charge in [-0.1, -0.05) is 19.9 Å². The van der Waals surface area contributed by atoms with Crippen LogP contribution in [0.5, 0.6) is 0 Å². The predicted molar refractivity (Wildman–Crippen MR) is 49.9 cm³/mol.